The minimum Gasteiger partial charge on any atom is -0.351 e. The first-order valence-electron chi connectivity index (χ1n) is 8.87. The Kier molecular flexibility index (Phi) is 6.18. The molecule has 1 heterocycles. The quantitative estimate of drug-likeness (QED) is 0.627. The lowest BCUT2D eigenvalue weighted by atomic mass is 10.1. The van der Waals surface area contributed by atoms with Crippen molar-refractivity contribution in [3.63, 3.8) is 0 Å². The van der Waals surface area contributed by atoms with E-state index in [2.05, 4.69) is 66.8 Å². The molecule has 0 spiro atoms. The maximum atomic E-state index is 12.2. The molecule has 25 heavy (non-hydrogen) atoms. The van der Waals surface area contributed by atoms with Crippen molar-refractivity contribution in [3.8, 4) is 0 Å². The molecule has 4 nitrogen and oxygen atoms in total. The van der Waals surface area contributed by atoms with E-state index in [1.165, 1.54) is 11.3 Å². The predicted octanol–water partition coefficient (Wildman–Crippen LogP) is 4.09. The van der Waals surface area contributed by atoms with Crippen molar-refractivity contribution < 1.29 is 4.79 Å². The summed E-state index contributed by atoms with van der Waals surface area (Å²) in [5, 5.41) is 2.91. The number of allylic oxidation sites excluding steroid dienone is 2. The fraction of sp³-hybridized carbons (Fsp3) is 0.429. The van der Waals surface area contributed by atoms with Gasteiger partial charge in [-0.25, -0.2) is 4.99 Å². The minimum atomic E-state index is -0.123. The topological polar surface area (TPSA) is 44.7 Å². The SMILES string of the molecule is C=C(C)C(/N=C(\C)C(=O)NCC(C)C)=C(\C)N1CCc2ccccc21. The van der Waals surface area contributed by atoms with Crippen molar-refractivity contribution >= 4 is 17.3 Å². The van der Waals surface area contributed by atoms with Gasteiger partial charge < -0.3 is 10.2 Å². The molecule has 2 rings (SSSR count). The van der Waals surface area contributed by atoms with Crippen LogP contribution in [0.3, 0.4) is 0 Å². The minimum absolute atomic E-state index is 0.123. The van der Waals surface area contributed by atoms with Gasteiger partial charge in [0.05, 0.1) is 5.70 Å². The number of carbonyl (C=O) groups is 1. The lowest BCUT2D eigenvalue weighted by Gasteiger charge is -2.22. The Morgan fingerprint density at radius 2 is 1.96 bits per heavy atom. The summed E-state index contributed by atoms with van der Waals surface area (Å²) >= 11 is 0. The number of amides is 1. The summed E-state index contributed by atoms with van der Waals surface area (Å²) in [6.07, 6.45) is 1.02. The van der Waals surface area contributed by atoms with Crippen molar-refractivity contribution in [2.45, 2.75) is 41.0 Å². The van der Waals surface area contributed by atoms with Crippen molar-refractivity contribution in [2.75, 3.05) is 18.0 Å². The number of hydrogen-bond donors (Lipinski definition) is 1. The number of hydrogen-bond acceptors (Lipinski definition) is 3. The van der Waals surface area contributed by atoms with E-state index in [-0.39, 0.29) is 5.91 Å². The van der Waals surface area contributed by atoms with Crippen LogP contribution in [-0.4, -0.2) is 24.7 Å². The summed E-state index contributed by atoms with van der Waals surface area (Å²) in [4.78, 5) is 19.1. The van der Waals surface area contributed by atoms with Gasteiger partial charge in [0.25, 0.3) is 5.91 Å². The molecule has 1 aliphatic heterocycles. The summed E-state index contributed by atoms with van der Waals surface area (Å²) < 4.78 is 0. The van der Waals surface area contributed by atoms with E-state index in [1.54, 1.807) is 6.92 Å². The first-order valence-corrected chi connectivity index (χ1v) is 8.87. The van der Waals surface area contributed by atoms with E-state index in [1.807, 2.05) is 6.92 Å². The maximum Gasteiger partial charge on any atom is 0.265 e. The molecule has 0 bridgehead atoms. The van der Waals surface area contributed by atoms with Gasteiger partial charge in [0.2, 0.25) is 0 Å². The van der Waals surface area contributed by atoms with Crippen molar-refractivity contribution in [3.05, 3.63) is 53.4 Å². The standard InChI is InChI=1S/C21H29N3O/c1-14(2)13-22-21(25)16(5)23-20(15(3)4)17(6)24-12-11-18-9-7-8-10-19(18)24/h7-10,14H,3,11-13H2,1-2,4-6H3,(H,22,25)/b20-17-,23-16+. The average molecular weight is 339 g/mol. The third-order valence-electron chi connectivity index (χ3n) is 4.32. The maximum absolute atomic E-state index is 12.2. The van der Waals surface area contributed by atoms with Crippen LogP contribution in [0.25, 0.3) is 0 Å². The van der Waals surface area contributed by atoms with Crippen LogP contribution in [-0.2, 0) is 11.2 Å². The first-order chi connectivity index (χ1) is 11.8. The van der Waals surface area contributed by atoms with Crippen LogP contribution in [0.15, 0.2) is 52.8 Å². The molecule has 0 atom stereocenters. The molecule has 1 aliphatic rings. The number of aliphatic imine (C=N–C) groups is 1. The predicted molar refractivity (Wildman–Crippen MR) is 106 cm³/mol. The largest absolute Gasteiger partial charge is 0.351 e. The highest BCUT2D eigenvalue weighted by molar-refractivity contribution is 6.38. The van der Waals surface area contributed by atoms with Gasteiger partial charge in [-0.2, -0.15) is 0 Å². The zero-order valence-corrected chi connectivity index (χ0v) is 16.0. The van der Waals surface area contributed by atoms with E-state index >= 15 is 0 Å². The van der Waals surface area contributed by atoms with Gasteiger partial charge in [0.15, 0.2) is 0 Å². The Morgan fingerprint density at radius 1 is 1.28 bits per heavy atom. The molecular weight excluding hydrogens is 310 g/mol. The second-order valence-corrected chi connectivity index (χ2v) is 7.05. The molecule has 134 valence electrons. The Hall–Kier alpha value is -2.36. The van der Waals surface area contributed by atoms with Gasteiger partial charge >= 0.3 is 0 Å². The average Bonchev–Trinajstić information content (AvgIpc) is 3.00. The smallest absolute Gasteiger partial charge is 0.265 e. The number of anilines is 1. The van der Waals surface area contributed by atoms with Crippen LogP contribution in [0.2, 0.25) is 0 Å². The number of nitrogens with one attached hydrogen (secondary N) is 1. The Labute approximate surface area is 151 Å². The van der Waals surface area contributed by atoms with Gasteiger partial charge in [-0.1, -0.05) is 38.6 Å². The summed E-state index contributed by atoms with van der Waals surface area (Å²) in [5.74, 6) is 0.290. The molecule has 0 unspecified atom stereocenters. The molecular formula is C21H29N3O. The van der Waals surface area contributed by atoms with Crippen LogP contribution < -0.4 is 10.2 Å². The first kappa shape index (κ1) is 19.0. The summed E-state index contributed by atoms with van der Waals surface area (Å²) in [7, 11) is 0. The zero-order valence-electron chi connectivity index (χ0n) is 16.0. The molecule has 0 saturated carbocycles. The Bertz CT molecular complexity index is 728. The number of carbonyl (C=O) groups excluding carboxylic acids is 1. The van der Waals surface area contributed by atoms with Gasteiger partial charge in [-0.05, 0) is 50.3 Å². The van der Waals surface area contributed by atoms with E-state index in [4.69, 9.17) is 0 Å². The normalized spacial score (nSPS) is 15.1. The summed E-state index contributed by atoms with van der Waals surface area (Å²) in [5.41, 5.74) is 5.71. The van der Waals surface area contributed by atoms with Crippen molar-refractivity contribution in [1.82, 2.24) is 5.32 Å². The molecule has 0 aromatic heterocycles. The highest BCUT2D eigenvalue weighted by atomic mass is 16.1. The Balaban J connectivity index is 2.31. The molecule has 0 saturated heterocycles. The van der Waals surface area contributed by atoms with E-state index in [0.29, 0.717) is 18.2 Å². The van der Waals surface area contributed by atoms with Gasteiger partial charge in [0.1, 0.15) is 5.71 Å². The third kappa shape index (κ3) is 4.59. The van der Waals surface area contributed by atoms with Gasteiger partial charge in [0, 0.05) is 24.5 Å². The third-order valence-corrected chi connectivity index (χ3v) is 4.32. The van der Waals surface area contributed by atoms with Gasteiger partial charge in [-0.15, -0.1) is 0 Å². The number of nitrogens with zero attached hydrogens (tertiary/aromatic N) is 2. The van der Waals surface area contributed by atoms with Gasteiger partial charge in [-0.3, -0.25) is 4.79 Å². The number of benzene rings is 1. The number of rotatable bonds is 6. The molecule has 0 fully saturated rings. The van der Waals surface area contributed by atoms with Crippen LogP contribution in [0, 0.1) is 5.92 Å². The van der Waals surface area contributed by atoms with E-state index in [9.17, 15) is 4.79 Å². The second kappa shape index (κ2) is 8.15. The fourth-order valence-electron chi connectivity index (χ4n) is 2.94. The van der Waals surface area contributed by atoms with Crippen molar-refractivity contribution in [2.24, 2.45) is 10.9 Å². The van der Waals surface area contributed by atoms with Crippen molar-refractivity contribution in [1.29, 1.82) is 0 Å². The summed E-state index contributed by atoms with van der Waals surface area (Å²) in [6, 6.07) is 8.42. The Morgan fingerprint density at radius 3 is 2.60 bits per heavy atom. The lowest BCUT2D eigenvalue weighted by molar-refractivity contribution is -0.115. The molecule has 1 amide bonds. The second-order valence-electron chi connectivity index (χ2n) is 7.05. The number of fused-ring (bicyclic) bond motifs is 1. The molecule has 1 N–H and O–H groups in total. The van der Waals surface area contributed by atoms with Crippen LogP contribution >= 0.6 is 0 Å². The highest BCUT2D eigenvalue weighted by Crippen LogP contribution is 2.32. The zero-order chi connectivity index (χ0) is 18.6. The van der Waals surface area contributed by atoms with E-state index < -0.39 is 0 Å². The van der Waals surface area contributed by atoms with Crippen LogP contribution in [0.4, 0.5) is 5.69 Å². The van der Waals surface area contributed by atoms with Crippen LogP contribution in [0.5, 0.6) is 0 Å². The number of para-hydroxylation sites is 1. The highest BCUT2D eigenvalue weighted by Gasteiger charge is 2.22. The molecule has 1 aromatic rings. The molecule has 1 aromatic carbocycles. The van der Waals surface area contributed by atoms with Crippen LogP contribution in [0.1, 0.15) is 40.2 Å². The molecule has 4 heteroatoms. The van der Waals surface area contributed by atoms with E-state index in [0.717, 1.165) is 29.9 Å². The fourth-order valence-corrected chi connectivity index (χ4v) is 2.94. The lowest BCUT2D eigenvalue weighted by Crippen LogP contribution is -2.32. The molecule has 0 radical (unpaired) electrons. The monoisotopic (exact) mass is 339 g/mol. The summed E-state index contributed by atoms with van der Waals surface area (Å²) in [6.45, 7) is 15.5. The molecule has 0 aliphatic carbocycles.